The van der Waals surface area contributed by atoms with Gasteiger partial charge in [0.25, 0.3) is 5.91 Å². The molecular formula is C21H21N5O. The molecule has 4 rings (SSSR count). The quantitative estimate of drug-likeness (QED) is 0.572. The Morgan fingerprint density at radius 1 is 1.22 bits per heavy atom. The third kappa shape index (κ3) is 3.60. The molecule has 4 aromatic rings. The van der Waals surface area contributed by atoms with Crippen LogP contribution in [0.5, 0.6) is 0 Å². The summed E-state index contributed by atoms with van der Waals surface area (Å²) in [6, 6.07) is 15.7. The molecule has 0 spiro atoms. The fourth-order valence-corrected chi connectivity index (χ4v) is 3.19. The number of rotatable bonds is 5. The van der Waals surface area contributed by atoms with Gasteiger partial charge in [-0.2, -0.15) is 0 Å². The summed E-state index contributed by atoms with van der Waals surface area (Å²) < 4.78 is 1.76. The summed E-state index contributed by atoms with van der Waals surface area (Å²) in [5.41, 5.74) is 4.59. The first-order chi connectivity index (χ1) is 13.1. The van der Waals surface area contributed by atoms with Crippen molar-refractivity contribution >= 4 is 16.8 Å². The van der Waals surface area contributed by atoms with E-state index >= 15 is 0 Å². The molecular weight excluding hydrogens is 338 g/mol. The predicted octanol–water partition coefficient (Wildman–Crippen LogP) is 3.55. The third-order valence-corrected chi connectivity index (χ3v) is 4.62. The number of benzene rings is 2. The van der Waals surface area contributed by atoms with Crippen LogP contribution in [0, 0.1) is 6.92 Å². The van der Waals surface area contributed by atoms with E-state index in [-0.39, 0.29) is 11.9 Å². The first kappa shape index (κ1) is 17.0. The van der Waals surface area contributed by atoms with E-state index in [4.69, 9.17) is 0 Å². The molecule has 0 aliphatic heterocycles. The number of carbonyl (C=O) groups excluding carboxylic acids is 1. The van der Waals surface area contributed by atoms with Gasteiger partial charge in [-0.05, 0) is 43.7 Å². The van der Waals surface area contributed by atoms with Gasteiger partial charge < -0.3 is 10.3 Å². The van der Waals surface area contributed by atoms with Gasteiger partial charge in [0.15, 0.2) is 0 Å². The molecule has 6 heteroatoms. The van der Waals surface area contributed by atoms with Crippen LogP contribution in [0.4, 0.5) is 0 Å². The Balaban J connectivity index is 1.44. The van der Waals surface area contributed by atoms with Crippen LogP contribution >= 0.6 is 0 Å². The number of fused-ring (bicyclic) bond motifs is 1. The first-order valence-electron chi connectivity index (χ1n) is 8.94. The summed E-state index contributed by atoms with van der Waals surface area (Å²) in [5.74, 6) is -0.0705. The molecule has 0 saturated carbocycles. The zero-order chi connectivity index (χ0) is 18.8. The van der Waals surface area contributed by atoms with Crippen molar-refractivity contribution in [3.63, 3.8) is 0 Å². The number of carbonyl (C=O) groups is 1. The van der Waals surface area contributed by atoms with E-state index in [2.05, 4.69) is 26.7 Å². The summed E-state index contributed by atoms with van der Waals surface area (Å²) in [4.78, 5) is 15.6. The lowest BCUT2D eigenvalue weighted by Crippen LogP contribution is -2.36. The van der Waals surface area contributed by atoms with Gasteiger partial charge in [-0.15, -0.1) is 5.10 Å². The summed E-state index contributed by atoms with van der Waals surface area (Å²) in [6.07, 6.45) is 3.83. The number of nitrogens with one attached hydrogen (secondary N) is 2. The molecule has 2 heterocycles. The Morgan fingerprint density at radius 2 is 2.07 bits per heavy atom. The number of aromatic amines is 1. The average molecular weight is 359 g/mol. The van der Waals surface area contributed by atoms with Crippen LogP contribution in [0.15, 0.2) is 60.9 Å². The fraction of sp³-hybridized carbons (Fsp3) is 0.190. The molecule has 0 fully saturated rings. The first-order valence-corrected chi connectivity index (χ1v) is 8.94. The number of H-pyrrole nitrogens is 1. The maximum atomic E-state index is 12.4. The highest BCUT2D eigenvalue weighted by Crippen LogP contribution is 2.22. The number of amides is 1. The van der Waals surface area contributed by atoms with Crippen LogP contribution in [0.3, 0.4) is 0 Å². The zero-order valence-corrected chi connectivity index (χ0v) is 15.3. The minimum atomic E-state index is -0.0705. The van der Waals surface area contributed by atoms with Crippen molar-refractivity contribution in [1.82, 2.24) is 25.3 Å². The van der Waals surface area contributed by atoms with Gasteiger partial charge in [0.2, 0.25) is 0 Å². The summed E-state index contributed by atoms with van der Waals surface area (Å²) >= 11 is 0. The lowest BCUT2D eigenvalue weighted by atomic mass is 10.1. The van der Waals surface area contributed by atoms with Gasteiger partial charge in [-0.25, -0.2) is 4.68 Å². The highest BCUT2D eigenvalue weighted by Gasteiger charge is 2.13. The predicted molar refractivity (Wildman–Crippen MR) is 105 cm³/mol. The van der Waals surface area contributed by atoms with Crippen LogP contribution in [-0.2, 0) is 6.54 Å². The number of hydrogen-bond acceptors (Lipinski definition) is 3. The van der Waals surface area contributed by atoms with Gasteiger partial charge in [0, 0.05) is 34.3 Å². The van der Waals surface area contributed by atoms with Crippen molar-refractivity contribution < 1.29 is 4.79 Å². The Kier molecular flexibility index (Phi) is 4.46. The maximum Gasteiger partial charge on any atom is 0.251 e. The molecule has 2 aromatic heterocycles. The lowest BCUT2D eigenvalue weighted by molar-refractivity contribution is 0.0935. The monoisotopic (exact) mass is 359 g/mol. The van der Waals surface area contributed by atoms with Gasteiger partial charge >= 0.3 is 0 Å². The minimum Gasteiger partial charge on any atom is -0.361 e. The van der Waals surface area contributed by atoms with Crippen molar-refractivity contribution in [2.45, 2.75) is 26.4 Å². The SMILES string of the molecule is Cc1ccccc1C(=O)N[C@@H](C)Cn1cc(-c2ccc3[nH]ccc3c2)nn1. The topological polar surface area (TPSA) is 75.6 Å². The molecule has 6 nitrogen and oxygen atoms in total. The second-order valence-electron chi connectivity index (χ2n) is 6.79. The zero-order valence-electron chi connectivity index (χ0n) is 15.3. The smallest absolute Gasteiger partial charge is 0.251 e. The van der Waals surface area contributed by atoms with Gasteiger partial charge in [-0.3, -0.25) is 4.79 Å². The van der Waals surface area contributed by atoms with Crippen molar-refractivity contribution in [3.8, 4) is 11.3 Å². The second-order valence-corrected chi connectivity index (χ2v) is 6.79. The molecule has 1 atom stereocenters. The third-order valence-electron chi connectivity index (χ3n) is 4.62. The molecule has 1 amide bonds. The molecule has 0 aliphatic rings. The molecule has 136 valence electrons. The van der Waals surface area contributed by atoms with Crippen LogP contribution in [0.1, 0.15) is 22.8 Å². The maximum absolute atomic E-state index is 12.4. The molecule has 0 aliphatic carbocycles. The van der Waals surface area contributed by atoms with Crippen molar-refractivity contribution in [2.24, 2.45) is 0 Å². The minimum absolute atomic E-state index is 0.0705. The number of aromatic nitrogens is 4. The largest absolute Gasteiger partial charge is 0.361 e. The van der Waals surface area contributed by atoms with E-state index < -0.39 is 0 Å². The van der Waals surface area contributed by atoms with Gasteiger partial charge in [0.05, 0.1) is 12.7 Å². The Bertz CT molecular complexity index is 1090. The standard InChI is InChI=1S/C21H21N5O/c1-14-5-3-4-6-18(14)21(27)23-15(2)12-26-13-20(24-25-26)16-7-8-19-17(11-16)9-10-22-19/h3-11,13,15,22H,12H2,1-2H3,(H,23,27)/t15-/m0/s1. The molecule has 27 heavy (non-hydrogen) atoms. The van der Waals surface area contributed by atoms with Crippen molar-refractivity contribution in [2.75, 3.05) is 0 Å². The number of aryl methyl sites for hydroxylation is 1. The number of nitrogens with zero attached hydrogens (tertiary/aromatic N) is 3. The van der Waals surface area contributed by atoms with Gasteiger partial charge in [-0.1, -0.05) is 29.5 Å². The molecule has 0 bridgehead atoms. The van der Waals surface area contributed by atoms with Crippen LogP contribution in [0.25, 0.3) is 22.2 Å². The Morgan fingerprint density at radius 3 is 2.93 bits per heavy atom. The van der Waals surface area contributed by atoms with E-state index in [0.29, 0.717) is 12.1 Å². The molecule has 0 radical (unpaired) electrons. The highest BCUT2D eigenvalue weighted by molar-refractivity contribution is 5.95. The summed E-state index contributed by atoms with van der Waals surface area (Å²) in [6.45, 7) is 4.45. The molecule has 2 N–H and O–H groups in total. The molecule has 0 saturated heterocycles. The van der Waals surface area contributed by atoms with Crippen LogP contribution in [-0.4, -0.2) is 31.9 Å². The number of hydrogen-bond donors (Lipinski definition) is 2. The van der Waals surface area contributed by atoms with E-state index in [1.807, 2.05) is 68.7 Å². The second kappa shape index (κ2) is 7.07. The lowest BCUT2D eigenvalue weighted by Gasteiger charge is -2.14. The Labute approximate surface area is 157 Å². The average Bonchev–Trinajstić information content (AvgIpc) is 3.30. The van der Waals surface area contributed by atoms with E-state index in [9.17, 15) is 4.79 Å². The fourth-order valence-electron chi connectivity index (χ4n) is 3.19. The summed E-state index contributed by atoms with van der Waals surface area (Å²) in [7, 11) is 0. The van der Waals surface area contributed by atoms with Gasteiger partial charge in [0.1, 0.15) is 5.69 Å². The van der Waals surface area contributed by atoms with Crippen LogP contribution < -0.4 is 5.32 Å². The highest BCUT2D eigenvalue weighted by atomic mass is 16.1. The Hall–Kier alpha value is -3.41. The summed E-state index contributed by atoms with van der Waals surface area (Å²) in [5, 5.41) is 12.6. The van der Waals surface area contributed by atoms with E-state index in [0.717, 1.165) is 27.7 Å². The normalized spacial score (nSPS) is 12.2. The van der Waals surface area contributed by atoms with E-state index in [1.165, 1.54) is 0 Å². The molecule has 0 unspecified atom stereocenters. The van der Waals surface area contributed by atoms with Crippen LogP contribution in [0.2, 0.25) is 0 Å². The molecule has 2 aromatic carbocycles. The van der Waals surface area contributed by atoms with E-state index in [1.54, 1.807) is 4.68 Å². The van der Waals surface area contributed by atoms with Crippen molar-refractivity contribution in [1.29, 1.82) is 0 Å². The van der Waals surface area contributed by atoms with Crippen molar-refractivity contribution in [3.05, 3.63) is 72.1 Å².